The number of nitrogens with zero attached hydrogens (tertiary/aromatic N) is 1. The molecule has 2 aliphatic rings. The number of hydrogen-bond donors (Lipinski definition) is 1. The lowest BCUT2D eigenvalue weighted by Gasteiger charge is -2.30. The van der Waals surface area contributed by atoms with Gasteiger partial charge in [-0.1, -0.05) is 30.3 Å². The van der Waals surface area contributed by atoms with Crippen molar-refractivity contribution in [3.05, 3.63) is 35.9 Å². The molecule has 27 heavy (non-hydrogen) atoms. The molecule has 4 atom stereocenters. The Morgan fingerprint density at radius 2 is 2.00 bits per heavy atom. The zero-order valence-corrected chi connectivity index (χ0v) is 16.5. The Balaban J connectivity index is 1.65. The Labute approximate surface area is 160 Å². The SMILES string of the molecule is CCNC(=O)N(CCc1ccccc1)CC1OC2OC(C)(C)OC2C1OC. The number of ether oxygens (including phenoxy) is 4. The van der Waals surface area contributed by atoms with E-state index in [1.807, 2.05) is 39.0 Å². The average molecular weight is 378 g/mol. The molecule has 150 valence electrons. The minimum absolute atomic E-state index is 0.105. The van der Waals surface area contributed by atoms with Crippen LogP contribution in [0.15, 0.2) is 30.3 Å². The van der Waals surface area contributed by atoms with Crippen molar-refractivity contribution >= 4 is 6.03 Å². The minimum Gasteiger partial charge on any atom is -0.376 e. The van der Waals surface area contributed by atoms with Gasteiger partial charge in [0.05, 0.1) is 6.54 Å². The van der Waals surface area contributed by atoms with Gasteiger partial charge in [0, 0.05) is 20.2 Å². The van der Waals surface area contributed by atoms with Crippen LogP contribution in [-0.4, -0.2) is 68.1 Å². The van der Waals surface area contributed by atoms with Crippen LogP contribution in [0.25, 0.3) is 0 Å². The first-order valence-corrected chi connectivity index (χ1v) is 9.54. The molecule has 7 heteroatoms. The molecule has 1 aromatic rings. The third-order valence-corrected chi connectivity index (χ3v) is 4.89. The van der Waals surface area contributed by atoms with Gasteiger partial charge in [0.2, 0.25) is 0 Å². The molecule has 3 rings (SSSR count). The molecule has 0 aromatic heterocycles. The van der Waals surface area contributed by atoms with Gasteiger partial charge in [-0.3, -0.25) is 0 Å². The monoisotopic (exact) mass is 378 g/mol. The predicted molar refractivity (Wildman–Crippen MR) is 100 cm³/mol. The summed E-state index contributed by atoms with van der Waals surface area (Å²) >= 11 is 0. The lowest BCUT2D eigenvalue weighted by Crippen LogP contribution is -2.48. The van der Waals surface area contributed by atoms with Gasteiger partial charge in [-0.05, 0) is 32.8 Å². The first-order chi connectivity index (χ1) is 12.9. The second-order valence-corrected chi connectivity index (χ2v) is 7.36. The van der Waals surface area contributed by atoms with Crippen LogP contribution in [0, 0.1) is 0 Å². The Hall–Kier alpha value is -1.67. The third kappa shape index (κ3) is 4.79. The molecule has 0 aliphatic carbocycles. The maximum atomic E-state index is 12.6. The van der Waals surface area contributed by atoms with Gasteiger partial charge >= 0.3 is 6.03 Å². The van der Waals surface area contributed by atoms with Crippen LogP contribution in [0.3, 0.4) is 0 Å². The summed E-state index contributed by atoms with van der Waals surface area (Å²) in [4.78, 5) is 14.3. The van der Waals surface area contributed by atoms with E-state index in [0.29, 0.717) is 19.6 Å². The third-order valence-electron chi connectivity index (χ3n) is 4.89. The molecular weight excluding hydrogens is 348 g/mol. The maximum absolute atomic E-state index is 12.6. The highest BCUT2D eigenvalue weighted by Gasteiger charge is 2.55. The van der Waals surface area contributed by atoms with E-state index < -0.39 is 12.1 Å². The lowest BCUT2D eigenvalue weighted by molar-refractivity contribution is -0.217. The largest absolute Gasteiger partial charge is 0.376 e. The van der Waals surface area contributed by atoms with Crippen LogP contribution < -0.4 is 5.32 Å². The normalized spacial score (nSPS) is 28.7. The Morgan fingerprint density at radius 3 is 2.67 bits per heavy atom. The zero-order valence-electron chi connectivity index (χ0n) is 16.5. The van der Waals surface area contributed by atoms with E-state index in [2.05, 4.69) is 17.4 Å². The molecule has 2 amide bonds. The molecule has 1 aromatic carbocycles. The highest BCUT2D eigenvalue weighted by atomic mass is 16.8. The van der Waals surface area contributed by atoms with Gasteiger partial charge in [0.25, 0.3) is 0 Å². The summed E-state index contributed by atoms with van der Waals surface area (Å²) in [7, 11) is 1.64. The van der Waals surface area contributed by atoms with E-state index in [4.69, 9.17) is 18.9 Å². The topological polar surface area (TPSA) is 69.3 Å². The molecular formula is C20H30N2O5. The number of carbonyl (C=O) groups is 1. The van der Waals surface area contributed by atoms with Crippen molar-refractivity contribution in [2.24, 2.45) is 0 Å². The van der Waals surface area contributed by atoms with Crippen molar-refractivity contribution in [3.63, 3.8) is 0 Å². The van der Waals surface area contributed by atoms with E-state index in [9.17, 15) is 4.79 Å². The van der Waals surface area contributed by atoms with Crippen LogP contribution in [0.2, 0.25) is 0 Å². The first kappa shape index (κ1) is 20.1. The smallest absolute Gasteiger partial charge is 0.317 e. The van der Waals surface area contributed by atoms with Gasteiger partial charge in [-0.15, -0.1) is 0 Å². The van der Waals surface area contributed by atoms with E-state index in [1.54, 1.807) is 12.0 Å². The van der Waals surface area contributed by atoms with Gasteiger partial charge in [0.1, 0.15) is 18.3 Å². The number of amides is 2. The van der Waals surface area contributed by atoms with Crippen molar-refractivity contribution < 1.29 is 23.7 Å². The lowest BCUT2D eigenvalue weighted by atomic mass is 10.1. The van der Waals surface area contributed by atoms with Gasteiger partial charge in [-0.25, -0.2) is 4.79 Å². The van der Waals surface area contributed by atoms with Crippen LogP contribution >= 0.6 is 0 Å². The van der Waals surface area contributed by atoms with Gasteiger partial charge < -0.3 is 29.2 Å². The second kappa shape index (κ2) is 8.56. The number of methoxy groups -OCH3 is 1. The molecule has 7 nitrogen and oxygen atoms in total. The standard InChI is InChI=1S/C20H30N2O5/c1-5-21-19(23)22(12-11-14-9-7-6-8-10-14)13-15-16(24-4)17-18(25-15)27-20(2,3)26-17/h6-10,15-18H,5,11-13H2,1-4H3,(H,21,23). The van der Waals surface area contributed by atoms with Crippen molar-refractivity contribution in [1.29, 1.82) is 0 Å². The van der Waals surface area contributed by atoms with Crippen LogP contribution in [0.4, 0.5) is 4.79 Å². The summed E-state index contributed by atoms with van der Waals surface area (Å²) < 4.78 is 23.4. The zero-order chi connectivity index (χ0) is 19.4. The first-order valence-electron chi connectivity index (χ1n) is 9.54. The van der Waals surface area contributed by atoms with Crippen LogP contribution in [0.1, 0.15) is 26.3 Å². The molecule has 2 heterocycles. The quantitative estimate of drug-likeness (QED) is 0.787. The fourth-order valence-electron chi connectivity index (χ4n) is 3.64. The molecule has 0 saturated carbocycles. The highest BCUT2D eigenvalue weighted by Crippen LogP contribution is 2.38. The average Bonchev–Trinajstić information content (AvgIpc) is 3.10. The number of urea groups is 1. The number of nitrogens with one attached hydrogen (secondary N) is 1. The Bertz CT molecular complexity index is 624. The minimum atomic E-state index is -0.691. The maximum Gasteiger partial charge on any atom is 0.317 e. The molecule has 2 fully saturated rings. The second-order valence-electron chi connectivity index (χ2n) is 7.36. The Kier molecular flexibility index (Phi) is 6.37. The summed E-state index contributed by atoms with van der Waals surface area (Å²) in [6.07, 6.45) is -0.583. The van der Waals surface area contributed by atoms with Crippen molar-refractivity contribution in [2.45, 2.75) is 57.6 Å². The number of benzene rings is 1. The molecule has 0 spiro atoms. The fraction of sp³-hybridized carbons (Fsp3) is 0.650. The highest BCUT2D eigenvalue weighted by molar-refractivity contribution is 5.74. The van der Waals surface area contributed by atoms with E-state index in [1.165, 1.54) is 5.56 Å². The van der Waals surface area contributed by atoms with Crippen LogP contribution in [-0.2, 0) is 25.4 Å². The van der Waals surface area contributed by atoms with Crippen molar-refractivity contribution in [2.75, 3.05) is 26.7 Å². The van der Waals surface area contributed by atoms with E-state index in [-0.39, 0.29) is 24.3 Å². The number of fused-ring (bicyclic) bond motifs is 1. The molecule has 4 unspecified atom stereocenters. The summed E-state index contributed by atoms with van der Waals surface area (Å²) in [6.45, 7) is 7.21. The fourth-order valence-corrected chi connectivity index (χ4v) is 3.64. The van der Waals surface area contributed by atoms with Crippen LogP contribution in [0.5, 0.6) is 0 Å². The number of hydrogen-bond acceptors (Lipinski definition) is 5. The van der Waals surface area contributed by atoms with Gasteiger partial charge in [-0.2, -0.15) is 0 Å². The Morgan fingerprint density at radius 1 is 1.26 bits per heavy atom. The molecule has 0 bridgehead atoms. The number of carbonyl (C=O) groups excluding carboxylic acids is 1. The molecule has 2 saturated heterocycles. The summed E-state index contributed by atoms with van der Waals surface area (Å²) in [5, 5.41) is 2.88. The van der Waals surface area contributed by atoms with E-state index in [0.717, 1.165) is 6.42 Å². The molecule has 2 aliphatic heterocycles. The summed E-state index contributed by atoms with van der Waals surface area (Å²) in [5.74, 6) is -0.691. The van der Waals surface area contributed by atoms with Gasteiger partial charge in [0.15, 0.2) is 12.1 Å². The van der Waals surface area contributed by atoms with Crippen molar-refractivity contribution in [1.82, 2.24) is 10.2 Å². The van der Waals surface area contributed by atoms with E-state index >= 15 is 0 Å². The van der Waals surface area contributed by atoms with Crippen molar-refractivity contribution in [3.8, 4) is 0 Å². The predicted octanol–water partition coefficient (Wildman–Crippen LogP) is 2.15. The molecule has 0 radical (unpaired) electrons. The summed E-state index contributed by atoms with van der Waals surface area (Å²) in [5.41, 5.74) is 1.19. The number of rotatable bonds is 7. The summed E-state index contributed by atoms with van der Waals surface area (Å²) in [6, 6.07) is 10.0. The molecule has 1 N–H and O–H groups in total.